The molecule has 0 aliphatic heterocycles. The van der Waals surface area contributed by atoms with Crippen LogP contribution in [0.15, 0.2) is 12.1 Å². The van der Waals surface area contributed by atoms with Crippen molar-refractivity contribution < 1.29 is 4.79 Å². The van der Waals surface area contributed by atoms with Gasteiger partial charge >= 0.3 is 0 Å². The van der Waals surface area contributed by atoms with Gasteiger partial charge in [0.2, 0.25) is 0 Å². The van der Waals surface area contributed by atoms with Crippen LogP contribution in [0.5, 0.6) is 0 Å². The second-order valence-electron chi connectivity index (χ2n) is 3.47. The normalized spacial score (nSPS) is 10.5. The summed E-state index contributed by atoms with van der Waals surface area (Å²) in [5.74, 6) is -0.678. The van der Waals surface area contributed by atoms with Crippen LogP contribution >= 0.6 is 23.2 Å². The van der Waals surface area contributed by atoms with Gasteiger partial charge in [-0.2, -0.15) is 15.4 Å². The number of primary amides is 1. The standard InChI is InChI=1S/C10H8Cl2N4O/c1-4-2-5(11)3-6(7(4)12)8-9(10(13)17)15-16-14-8/h2-3H,1H3,(H2,13,17)(H,14,15,16). The van der Waals surface area contributed by atoms with Gasteiger partial charge in [-0.1, -0.05) is 23.2 Å². The van der Waals surface area contributed by atoms with E-state index in [2.05, 4.69) is 15.4 Å². The Morgan fingerprint density at radius 2 is 2.06 bits per heavy atom. The predicted molar refractivity (Wildman–Crippen MR) is 65.1 cm³/mol. The molecule has 0 saturated carbocycles. The zero-order valence-corrected chi connectivity index (χ0v) is 10.3. The van der Waals surface area contributed by atoms with E-state index in [0.717, 1.165) is 5.56 Å². The monoisotopic (exact) mass is 270 g/mol. The van der Waals surface area contributed by atoms with Crippen LogP contribution in [0.1, 0.15) is 16.1 Å². The molecule has 5 nitrogen and oxygen atoms in total. The van der Waals surface area contributed by atoms with E-state index in [4.69, 9.17) is 28.9 Å². The van der Waals surface area contributed by atoms with Crippen LogP contribution in [0.4, 0.5) is 0 Å². The van der Waals surface area contributed by atoms with Crippen molar-refractivity contribution >= 4 is 29.1 Å². The van der Waals surface area contributed by atoms with E-state index in [-0.39, 0.29) is 5.69 Å². The number of nitrogens with two attached hydrogens (primary N) is 1. The molecule has 0 bridgehead atoms. The molecule has 1 heterocycles. The summed E-state index contributed by atoms with van der Waals surface area (Å²) in [6.07, 6.45) is 0. The molecule has 0 fully saturated rings. The first-order valence-corrected chi connectivity index (χ1v) is 5.43. The number of hydrogen-bond donors (Lipinski definition) is 2. The Morgan fingerprint density at radius 1 is 1.35 bits per heavy atom. The van der Waals surface area contributed by atoms with Crippen LogP contribution in [-0.4, -0.2) is 21.3 Å². The molecule has 0 spiro atoms. The van der Waals surface area contributed by atoms with Crippen molar-refractivity contribution in [3.05, 3.63) is 33.4 Å². The fourth-order valence-corrected chi connectivity index (χ4v) is 1.96. The van der Waals surface area contributed by atoms with Gasteiger partial charge in [0.25, 0.3) is 5.91 Å². The third-order valence-electron chi connectivity index (χ3n) is 2.26. The van der Waals surface area contributed by atoms with E-state index in [1.54, 1.807) is 12.1 Å². The molecule has 88 valence electrons. The lowest BCUT2D eigenvalue weighted by atomic mass is 10.1. The highest BCUT2D eigenvalue weighted by Gasteiger charge is 2.18. The number of nitrogens with one attached hydrogen (secondary N) is 1. The number of aromatic nitrogens is 3. The molecule has 1 aromatic heterocycles. The number of hydrogen-bond acceptors (Lipinski definition) is 3. The zero-order valence-electron chi connectivity index (χ0n) is 8.79. The molecule has 0 aliphatic carbocycles. The van der Waals surface area contributed by atoms with Crippen molar-refractivity contribution in [1.82, 2.24) is 15.4 Å². The quantitative estimate of drug-likeness (QED) is 0.877. The first kappa shape index (κ1) is 11.9. The van der Waals surface area contributed by atoms with Crippen LogP contribution in [-0.2, 0) is 0 Å². The number of carbonyl (C=O) groups excluding carboxylic acids is 1. The highest BCUT2D eigenvalue weighted by molar-refractivity contribution is 6.36. The average Bonchev–Trinajstić information content (AvgIpc) is 2.72. The maximum Gasteiger partial charge on any atom is 0.271 e. The summed E-state index contributed by atoms with van der Waals surface area (Å²) in [5, 5.41) is 10.9. The Morgan fingerprint density at radius 3 is 2.71 bits per heavy atom. The van der Waals surface area contributed by atoms with Crippen LogP contribution in [0, 0.1) is 6.92 Å². The molecule has 0 aliphatic rings. The highest BCUT2D eigenvalue weighted by atomic mass is 35.5. The summed E-state index contributed by atoms with van der Waals surface area (Å²) < 4.78 is 0. The minimum absolute atomic E-state index is 0.0357. The van der Waals surface area contributed by atoms with Crippen molar-refractivity contribution in [2.75, 3.05) is 0 Å². The van der Waals surface area contributed by atoms with E-state index < -0.39 is 5.91 Å². The number of aromatic amines is 1. The number of amides is 1. The van der Waals surface area contributed by atoms with Crippen molar-refractivity contribution in [3.63, 3.8) is 0 Å². The summed E-state index contributed by atoms with van der Waals surface area (Å²) in [7, 11) is 0. The van der Waals surface area contributed by atoms with E-state index in [1.165, 1.54) is 0 Å². The van der Waals surface area contributed by atoms with E-state index >= 15 is 0 Å². The van der Waals surface area contributed by atoms with E-state index in [1.807, 2.05) is 6.92 Å². The molecule has 2 aromatic rings. The molecule has 0 saturated heterocycles. The van der Waals surface area contributed by atoms with E-state index in [0.29, 0.717) is 21.3 Å². The molecule has 17 heavy (non-hydrogen) atoms. The van der Waals surface area contributed by atoms with Crippen LogP contribution in [0.3, 0.4) is 0 Å². The maximum absolute atomic E-state index is 11.2. The highest BCUT2D eigenvalue weighted by Crippen LogP contribution is 2.33. The average molecular weight is 271 g/mol. The third kappa shape index (κ3) is 2.11. The molecule has 7 heteroatoms. The summed E-state index contributed by atoms with van der Waals surface area (Å²) in [5.41, 5.74) is 6.83. The Balaban J connectivity index is 2.68. The number of halogens is 2. The third-order valence-corrected chi connectivity index (χ3v) is 2.98. The molecular weight excluding hydrogens is 263 g/mol. The largest absolute Gasteiger partial charge is 0.364 e. The van der Waals surface area contributed by atoms with Crippen LogP contribution in [0.2, 0.25) is 10.0 Å². The zero-order chi connectivity index (χ0) is 12.6. The Hall–Kier alpha value is -1.59. The van der Waals surface area contributed by atoms with Gasteiger partial charge in [0, 0.05) is 10.6 Å². The van der Waals surface area contributed by atoms with Crippen molar-refractivity contribution in [2.24, 2.45) is 5.73 Å². The van der Waals surface area contributed by atoms with Crippen molar-refractivity contribution in [3.8, 4) is 11.3 Å². The molecule has 0 atom stereocenters. The molecule has 0 radical (unpaired) electrons. The molecular formula is C10H8Cl2N4O. The molecule has 1 amide bonds. The number of benzene rings is 1. The predicted octanol–water partition coefficient (Wildman–Crippen LogP) is 2.19. The SMILES string of the molecule is Cc1cc(Cl)cc(-c2n[nH]nc2C(N)=O)c1Cl. The van der Waals surface area contributed by atoms with Crippen LogP contribution < -0.4 is 5.73 Å². The fraction of sp³-hybridized carbons (Fsp3) is 0.100. The lowest BCUT2D eigenvalue weighted by Crippen LogP contribution is -2.12. The van der Waals surface area contributed by atoms with Gasteiger partial charge in [-0.05, 0) is 24.6 Å². The summed E-state index contributed by atoms with van der Waals surface area (Å²) in [4.78, 5) is 11.2. The molecule has 0 unspecified atom stereocenters. The lowest BCUT2D eigenvalue weighted by Gasteiger charge is -2.05. The summed E-state index contributed by atoms with van der Waals surface area (Å²) in [6, 6.07) is 3.33. The number of rotatable bonds is 2. The summed E-state index contributed by atoms with van der Waals surface area (Å²) >= 11 is 12.1. The molecule has 2 rings (SSSR count). The van der Waals surface area contributed by atoms with E-state index in [9.17, 15) is 4.79 Å². The van der Waals surface area contributed by atoms with Gasteiger partial charge in [0.1, 0.15) is 5.69 Å². The Bertz CT molecular complexity index is 594. The lowest BCUT2D eigenvalue weighted by molar-refractivity contribution is 0.0996. The first-order valence-electron chi connectivity index (χ1n) is 4.67. The van der Waals surface area contributed by atoms with Gasteiger partial charge < -0.3 is 5.73 Å². The fourth-order valence-electron chi connectivity index (χ4n) is 1.49. The molecule has 1 aromatic carbocycles. The second kappa shape index (κ2) is 4.35. The first-order chi connectivity index (χ1) is 8.00. The van der Waals surface area contributed by atoms with Gasteiger partial charge in [0.05, 0.1) is 5.02 Å². The van der Waals surface area contributed by atoms with Gasteiger partial charge in [-0.3, -0.25) is 4.79 Å². The molecule has 3 N–H and O–H groups in total. The number of nitrogens with zero attached hydrogens (tertiary/aromatic N) is 2. The smallest absolute Gasteiger partial charge is 0.271 e. The Kier molecular flexibility index (Phi) is 3.04. The number of H-pyrrole nitrogens is 1. The minimum atomic E-state index is -0.678. The second-order valence-corrected chi connectivity index (χ2v) is 4.28. The topological polar surface area (TPSA) is 84.7 Å². The number of carbonyl (C=O) groups is 1. The van der Waals surface area contributed by atoms with Gasteiger partial charge in [0.15, 0.2) is 5.69 Å². The van der Waals surface area contributed by atoms with Crippen LogP contribution in [0.25, 0.3) is 11.3 Å². The van der Waals surface area contributed by atoms with Gasteiger partial charge in [-0.25, -0.2) is 0 Å². The van der Waals surface area contributed by atoms with Crippen molar-refractivity contribution in [1.29, 1.82) is 0 Å². The van der Waals surface area contributed by atoms with Gasteiger partial charge in [-0.15, -0.1) is 0 Å². The minimum Gasteiger partial charge on any atom is -0.364 e. The summed E-state index contributed by atoms with van der Waals surface area (Å²) in [6.45, 7) is 1.81. The maximum atomic E-state index is 11.2. The number of aryl methyl sites for hydroxylation is 1. The Labute approximate surface area is 107 Å². The van der Waals surface area contributed by atoms with Crippen molar-refractivity contribution in [2.45, 2.75) is 6.92 Å².